The van der Waals surface area contributed by atoms with Gasteiger partial charge in [-0.05, 0) is 31.3 Å². The summed E-state index contributed by atoms with van der Waals surface area (Å²) in [6.07, 6.45) is 3.74. The zero-order valence-corrected chi connectivity index (χ0v) is 12.8. The van der Waals surface area contributed by atoms with Gasteiger partial charge in [-0.3, -0.25) is 9.59 Å². The van der Waals surface area contributed by atoms with Crippen LogP contribution in [0.3, 0.4) is 0 Å². The smallest absolute Gasteiger partial charge is 0.308 e. The van der Waals surface area contributed by atoms with Gasteiger partial charge in [-0.2, -0.15) is 0 Å². The molecule has 0 spiro atoms. The Morgan fingerprint density at radius 3 is 2.28 bits per heavy atom. The number of carbonyl (C=O) groups excluding carboxylic acids is 1. The van der Waals surface area contributed by atoms with Gasteiger partial charge >= 0.3 is 11.9 Å². The second-order valence-electron chi connectivity index (χ2n) is 5.73. The van der Waals surface area contributed by atoms with Gasteiger partial charge in [0.1, 0.15) is 0 Å². The molecule has 0 fully saturated rings. The summed E-state index contributed by atoms with van der Waals surface area (Å²) in [4.78, 5) is 21.9. The highest BCUT2D eigenvalue weighted by Gasteiger charge is 2.15. The Labute approximate surface area is 111 Å². The van der Waals surface area contributed by atoms with E-state index in [4.69, 9.17) is 9.63 Å². The van der Waals surface area contributed by atoms with Crippen LogP contribution >= 0.6 is 8.15 Å². The summed E-state index contributed by atoms with van der Waals surface area (Å²) in [5.74, 6) is -0.894. The molecule has 0 saturated carbocycles. The first-order valence-electron chi connectivity index (χ1n) is 6.34. The lowest BCUT2D eigenvalue weighted by Gasteiger charge is -2.18. The van der Waals surface area contributed by atoms with Gasteiger partial charge in [0, 0.05) is 19.0 Å². The molecular weight excluding hydrogens is 251 g/mol. The lowest BCUT2D eigenvalue weighted by atomic mass is 9.91. The average molecular weight is 276 g/mol. The van der Waals surface area contributed by atoms with Crippen molar-refractivity contribution in [2.45, 2.75) is 52.9 Å². The van der Waals surface area contributed by atoms with E-state index >= 15 is 0 Å². The van der Waals surface area contributed by atoms with Crippen molar-refractivity contribution in [2.24, 2.45) is 5.41 Å². The summed E-state index contributed by atoms with van der Waals surface area (Å²) in [5.41, 5.74) is 0.150. The zero-order valence-electron chi connectivity index (χ0n) is 11.9. The Bertz CT molecular complexity index is 271. The Balaban J connectivity index is 3.64. The maximum Gasteiger partial charge on any atom is 0.308 e. The lowest BCUT2D eigenvalue weighted by Crippen LogP contribution is -2.10. The van der Waals surface area contributed by atoms with E-state index in [9.17, 15) is 9.59 Å². The molecule has 0 amide bonds. The molecule has 1 N–H and O–H groups in total. The van der Waals surface area contributed by atoms with Crippen LogP contribution in [0.4, 0.5) is 0 Å². The van der Waals surface area contributed by atoms with Crippen LogP contribution in [-0.2, 0) is 14.1 Å². The van der Waals surface area contributed by atoms with Crippen molar-refractivity contribution in [1.82, 2.24) is 0 Å². The van der Waals surface area contributed by atoms with Crippen molar-refractivity contribution in [1.29, 1.82) is 0 Å². The molecule has 106 valence electrons. The van der Waals surface area contributed by atoms with E-state index in [1.165, 1.54) is 0 Å². The minimum absolute atomic E-state index is 0.128. The van der Waals surface area contributed by atoms with Gasteiger partial charge in [-0.1, -0.05) is 20.8 Å². The van der Waals surface area contributed by atoms with Crippen LogP contribution in [-0.4, -0.2) is 29.9 Å². The van der Waals surface area contributed by atoms with Gasteiger partial charge in [-0.25, -0.2) is 0 Å². The number of carbonyl (C=O) groups is 2. The summed E-state index contributed by atoms with van der Waals surface area (Å²) >= 11 is 0. The molecule has 0 aliphatic carbocycles. The van der Waals surface area contributed by atoms with Crippen molar-refractivity contribution in [3.8, 4) is 0 Å². The molecule has 4 nitrogen and oxygen atoms in total. The third kappa shape index (κ3) is 11.8. The quantitative estimate of drug-likeness (QED) is 0.543. The minimum Gasteiger partial charge on any atom is -0.481 e. The highest BCUT2D eigenvalue weighted by molar-refractivity contribution is 7.52. The van der Waals surface area contributed by atoms with Crippen LogP contribution in [0, 0.1) is 5.41 Å². The molecule has 0 radical (unpaired) electrons. The summed E-state index contributed by atoms with van der Waals surface area (Å²) < 4.78 is 5.33. The monoisotopic (exact) mass is 276 g/mol. The van der Waals surface area contributed by atoms with Gasteiger partial charge in [0.15, 0.2) is 0 Å². The van der Waals surface area contributed by atoms with Crippen LogP contribution in [0.5, 0.6) is 0 Å². The fourth-order valence-electron chi connectivity index (χ4n) is 1.35. The largest absolute Gasteiger partial charge is 0.481 e. The third-order valence-electron chi connectivity index (χ3n) is 2.45. The van der Waals surface area contributed by atoms with E-state index in [2.05, 4.69) is 20.8 Å². The normalized spacial score (nSPS) is 13.1. The third-order valence-corrected chi connectivity index (χ3v) is 3.91. The predicted molar refractivity (Wildman–Crippen MR) is 74.0 cm³/mol. The fourth-order valence-corrected chi connectivity index (χ4v) is 2.55. The van der Waals surface area contributed by atoms with E-state index < -0.39 is 14.1 Å². The number of hydrogen-bond acceptors (Lipinski definition) is 3. The predicted octanol–water partition coefficient (Wildman–Crippen LogP) is 3.64. The van der Waals surface area contributed by atoms with Crippen LogP contribution in [0.25, 0.3) is 0 Å². The standard InChI is InChI=1S/C13H25O4P/c1-13(2,3)9-8-12(16)17-18(4)10-6-5-7-11(14)15/h5-10H2,1-4H3,(H,14,15). The summed E-state index contributed by atoms with van der Waals surface area (Å²) in [6.45, 7) is 8.22. The molecule has 0 aromatic carbocycles. The molecule has 0 aliphatic rings. The van der Waals surface area contributed by atoms with E-state index in [0.29, 0.717) is 12.8 Å². The Hall–Kier alpha value is -0.630. The Kier molecular flexibility index (Phi) is 8.17. The number of aliphatic carboxylic acids is 1. The van der Waals surface area contributed by atoms with Crippen molar-refractivity contribution in [3.63, 3.8) is 0 Å². The maximum atomic E-state index is 11.5. The molecule has 1 atom stereocenters. The highest BCUT2D eigenvalue weighted by atomic mass is 31.1. The second-order valence-corrected chi connectivity index (χ2v) is 7.61. The van der Waals surface area contributed by atoms with Gasteiger partial charge in [-0.15, -0.1) is 0 Å². The van der Waals surface area contributed by atoms with Crippen LogP contribution in [0.1, 0.15) is 52.9 Å². The molecule has 0 aromatic heterocycles. The van der Waals surface area contributed by atoms with Crippen LogP contribution in [0.15, 0.2) is 0 Å². The summed E-state index contributed by atoms with van der Waals surface area (Å²) in [5, 5.41) is 8.49. The topological polar surface area (TPSA) is 63.6 Å². The number of unbranched alkanes of at least 4 members (excludes halogenated alkanes) is 1. The minimum atomic E-state index is -0.766. The van der Waals surface area contributed by atoms with Crippen molar-refractivity contribution >= 4 is 20.1 Å². The second kappa shape index (κ2) is 8.47. The molecule has 5 heteroatoms. The average Bonchev–Trinajstić information content (AvgIpc) is 2.20. The van der Waals surface area contributed by atoms with Gasteiger partial charge < -0.3 is 9.63 Å². The molecule has 0 aromatic rings. The molecule has 18 heavy (non-hydrogen) atoms. The maximum absolute atomic E-state index is 11.5. The first-order valence-corrected chi connectivity index (χ1v) is 8.23. The molecule has 0 saturated heterocycles. The van der Waals surface area contributed by atoms with Crippen molar-refractivity contribution in [2.75, 3.05) is 12.8 Å². The number of rotatable bonds is 8. The number of hydrogen-bond donors (Lipinski definition) is 1. The summed E-state index contributed by atoms with van der Waals surface area (Å²) in [7, 11) is -0.741. The van der Waals surface area contributed by atoms with E-state index in [1.807, 2.05) is 6.66 Å². The summed E-state index contributed by atoms with van der Waals surface area (Å²) in [6, 6.07) is 0. The van der Waals surface area contributed by atoms with E-state index in [1.54, 1.807) is 0 Å². The van der Waals surface area contributed by atoms with Gasteiger partial charge in [0.25, 0.3) is 0 Å². The SMILES string of the molecule is CP(CCCCC(=O)O)OC(=O)CCC(C)(C)C. The zero-order chi connectivity index (χ0) is 14.2. The van der Waals surface area contributed by atoms with Crippen LogP contribution in [0.2, 0.25) is 0 Å². The van der Waals surface area contributed by atoms with Gasteiger partial charge in [0.05, 0.1) is 8.15 Å². The van der Waals surface area contributed by atoms with Crippen molar-refractivity contribution < 1.29 is 19.2 Å². The lowest BCUT2D eigenvalue weighted by molar-refractivity contribution is -0.137. The Morgan fingerprint density at radius 2 is 1.78 bits per heavy atom. The molecule has 0 heterocycles. The molecule has 1 unspecified atom stereocenters. The highest BCUT2D eigenvalue weighted by Crippen LogP contribution is 2.34. The van der Waals surface area contributed by atoms with Crippen LogP contribution < -0.4 is 0 Å². The number of carboxylic acid groups (broad SMARTS) is 1. The van der Waals surface area contributed by atoms with E-state index in [-0.39, 0.29) is 17.8 Å². The molecular formula is C13H25O4P. The first-order chi connectivity index (χ1) is 8.20. The van der Waals surface area contributed by atoms with E-state index in [0.717, 1.165) is 19.0 Å². The molecule has 0 bridgehead atoms. The number of carboxylic acids is 1. The first kappa shape index (κ1) is 17.4. The fraction of sp³-hybridized carbons (Fsp3) is 0.846. The molecule has 0 aliphatic heterocycles. The van der Waals surface area contributed by atoms with Crippen molar-refractivity contribution in [3.05, 3.63) is 0 Å². The van der Waals surface area contributed by atoms with Gasteiger partial charge in [0.2, 0.25) is 0 Å². The Morgan fingerprint density at radius 1 is 1.17 bits per heavy atom. The molecule has 0 rings (SSSR count).